The summed E-state index contributed by atoms with van der Waals surface area (Å²) in [5, 5.41) is 0.736. The van der Waals surface area contributed by atoms with Crippen molar-refractivity contribution in [3.63, 3.8) is 0 Å². The third-order valence-electron chi connectivity index (χ3n) is 4.01. The highest BCUT2D eigenvalue weighted by Crippen LogP contribution is 2.30. The number of fused-ring (bicyclic) bond motifs is 3. The third kappa shape index (κ3) is 2.58. The smallest absolute Gasteiger partial charge is 0.417 e. The highest BCUT2D eigenvalue weighted by Gasteiger charge is 2.36. The minimum Gasteiger partial charge on any atom is -0.443 e. The van der Waals surface area contributed by atoms with Crippen molar-refractivity contribution in [3.8, 4) is 0 Å². The van der Waals surface area contributed by atoms with Crippen LogP contribution < -0.4 is 0 Å². The van der Waals surface area contributed by atoms with Gasteiger partial charge in [0.05, 0.1) is 5.56 Å². The topological polar surface area (TPSA) is 68.6 Å². The minimum absolute atomic E-state index is 0.0234. The van der Waals surface area contributed by atoms with Crippen LogP contribution in [0.2, 0.25) is 0 Å². The summed E-state index contributed by atoms with van der Waals surface area (Å²) < 4.78 is 6.99. The van der Waals surface area contributed by atoms with Gasteiger partial charge >= 0.3 is 6.09 Å². The molecule has 24 heavy (non-hydrogen) atoms. The molecule has 1 aromatic carbocycles. The third-order valence-corrected chi connectivity index (χ3v) is 4.01. The van der Waals surface area contributed by atoms with Gasteiger partial charge in [0.1, 0.15) is 11.3 Å². The molecule has 3 rings (SSSR count). The monoisotopic (exact) mass is 328 g/mol. The largest absolute Gasteiger partial charge is 0.443 e. The zero-order valence-electron chi connectivity index (χ0n) is 14.3. The number of ketones is 1. The summed E-state index contributed by atoms with van der Waals surface area (Å²) in [5.74, 6) is -0.634. The van der Waals surface area contributed by atoms with Gasteiger partial charge < -0.3 is 9.30 Å². The van der Waals surface area contributed by atoms with Crippen molar-refractivity contribution in [3.05, 3.63) is 35.5 Å². The molecule has 1 aromatic heterocycles. The Kier molecular flexibility index (Phi) is 3.70. The molecule has 0 bridgehead atoms. The number of carbonyl (C=O) groups is 3. The van der Waals surface area contributed by atoms with E-state index in [2.05, 4.69) is 0 Å². The number of Topliss-reactive ketones (excluding diaryl/α,β-unsaturated/α-hetero) is 1. The number of benzene rings is 1. The molecule has 0 radical (unpaired) electrons. The lowest BCUT2D eigenvalue weighted by molar-refractivity contribution is 0.0243. The van der Waals surface area contributed by atoms with Crippen LogP contribution in [0.15, 0.2) is 24.3 Å². The summed E-state index contributed by atoms with van der Waals surface area (Å²) >= 11 is 0. The number of ether oxygens (including phenoxy) is 1. The SMILES string of the molecule is Cn1c2c(c3ccccc31)C(=O)CCN(C(=O)OC(C)(C)C)C2=O. The van der Waals surface area contributed by atoms with E-state index in [1.165, 1.54) is 0 Å². The maximum Gasteiger partial charge on any atom is 0.417 e. The van der Waals surface area contributed by atoms with Gasteiger partial charge in [0.2, 0.25) is 0 Å². The molecule has 0 saturated heterocycles. The van der Waals surface area contributed by atoms with Crippen molar-refractivity contribution >= 4 is 28.7 Å². The Labute approximate surface area is 140 Å². The molecular weight excluding hydrogens is 308 g/mol. The van der Waals surface area contributed by atoms with E-state index in [1.807, 2.05) is 24.3 Å². The fourth-order valence-corrected chi connectivity index (χ4v) is 2.98. The molecule has 0 fully saturated rings. The minimum atomic E-state index is -0.724. The second-order valence-electron chi connectivity index (χ2n) is 6.91. The molecule has 1 aliphatic heterocycles. The molecule has 0 aliphatic carbocycles. The first-order valence-electron chi connectivity index (χ1n) is 7.86. The van der Waals surface area contributed by atoms with Crippen LogP contribution in [0.5, 0.6) is 0 Å². The molecule has 0 unspecified atom stereocenters. The van der Waals surface area contributed by atoms with Crippen molar-refractivity contribution in [2.45, 2.75) is 32.8 Å². The van der Waals surface area contributed by atoms with Crippen molar-refractivity contribution in [1.82, 2.24) is 9.47 Å². The lowest BCUT2D eigenvalue weighted by Gasteiger charge is -2.25. The van der Waals surface area contributed by atoms with Gasteiger partial charge in [-0.3, -0.25) is 9.59 Å². The van der Waals surface area contributed by atoms with Crippen LogP contribution in [-0.2, 0) is 11.8 Å². The van der Waals surface area contributed by atoms with E-state index in [0.717, 1.165) is 15.8 Å². The number of carbonyl (C=O) groups excluding carboxylic acids is 3. The average molecular weight is 328 g/mol. The van der Waals surface area contributed by atoms with Gasteiger partial charge in [-0.05, 0) is 26.8 Å². The zero-order valence-corrected chi connectivity index (χ0v) is 14.3. The van der Waals surface area contributed by atoms with Gasteiger partial charge in [-0.2, -0.15) is 0 Å². The van der Waals surface area contributed by atoms with E-state index >= 15 is 0 Å². The number of imide groups is 1. The van der Waals surface area contributed by atoms with Gasteiger partial charge in [-0.25, -0.2) is 9.69 Å². The Morgan fingerprint density at radius 1 is 1.17 bits per heavy atom. The predicted octanol–water partition coefficient (Wildman–Crippen LogP) is 3.14. The lowest BCUT2D eigenvalue weighted by Crippen LogP contribution is -2.41. The fourth-order valence-electron chi connectivity index (χ4n) is 2.98. The molecule has 2 aromatic rings. The van der Waals surface area contributed by atoms with Crippen molar-refractivity contribution in [2.75, 3.05) is 6.54 Å². The van der Waals surface area contributed by atoms with Crippen LogP contribution in [0.1, 0.15) is 48.0 Å². The molecular formula is C18H20N2O4. The molecule has 0 N–H and O–H groups in total. The molecule has 1 aliphatic rings. The summed E-state index contributed by atoms with van der Waals surface area (Å²) in [5.41, 5.74) is 0.707. The van der Waals surface area contributed by atoms with Gasteiger partial charge in [0, 0.05) is 30.9 Å². The number of aromatic nitrogens is 1. The molecule has 0 spiro atoms. The van der Waals surface area contributed by atoms with Gasteiger partial charge in [0.15, 0.2) is 5.78 Å². The number of hydrogen-bond donors (Lipinski definition) is 0. The Hall–Kier alpha value is -2.63. The maximum absolute atomic E-state index is 13.0. The van der Waals surface area contributed by atoms with Crippen molar-refractivity contribution in [1.29, 1.82) is 0 Å². The number of nitrogens with zero attached hydrogens (tertiary/aromatic N) is 2. The number of rotatable bonds is 0. The molecule has 2 amide bonds. The van der Waals surface area contributed by atoms with E-state index in [4.69, 9.17) is 4.74 Å². The molecule has 6 heteroatoms. The second kappa shape index (κ2) is 5.47. The molecule has 2 heterocycles. The first-order chi connectivity index (χ1) is 11.2. The highest BCUT2D eigenvalue weighted by molar-refractivity contribution is 6.19. The summed E-state index contributed by atoms with van der Waals surface area (Å²) in [4.78, 5) is 38.9. The Balaban J connectivity index is 2.12. The van der Waals surface area contributed by atoms with E-state index < -0.39 is 17.6 Å². The Morgan fingerprint density at radius 3 is 2.50 bits per heavy atom. The number of hydrogen-bond acceptors (Lipinski definition) is 4. The van der Waals surface area contributed by atoms with Crippen LogP contribution >= 0.6 is 0 Å². The fraction of sp³-hybridized carbons (Fsp3) is 0.389. The van der Waals surface area contributed by atoms with Crippen molar-refractivity contribution in [2.24, 2.45) is 7.05 Å². The van der Waals surface area contributed by atoms with E-state index in [9.17, 15) is 14.4 Å². The molecule has 0 saturated carbocycles. The first kappa shape index (κ1) is 16.2. The average Bonchev–Trinajstić information content (AvgIpc) is 2.71. The van der Waals surface area contributed by atoms with E-state index in [1.54, 1.807) is 32.4 Å². The summed E-state index contributed by atoms with van der Waals surface area (Å²) in [6.07, 6.45) is -0.634. The zero-order chi connectivity index (χ0) is 17.6. The van der Waals surface area contributed by atoms with Crippen LogP contribution in [0, 0.1) is 0 Å². The van der Waals surface area contributed by atoms with Gasteiger partial charge in [-0.15, -0.1) is 0 Å². The van der Waals surface area contributed by atoms with E-state index in [-0.39, 0.29) is 24.4 Å². The Bertz CT molecular complexity index is 858. The predicted molar refractivity (Wildman–Crippen MR) is 89.1 cm³/mol. The molecule has 0 atom stereocenters. The number of aryl methyl sites for hydroxylation is 1. The lowest BCUT2D eigenvalue weighted by atomic mass is 10.1. The number of amides is 2. The van der Waals surface area contributed by atoms with Crippen LogP contribution in [0.3, 0.4) is 0 Å². The van der Waals surface area contributed by atoms with E-state index in [0.29, 0.717) is 5.56 Å². The summed E-state index contributed by atoms with van der Waals surface area (Å²) in [6.45, 7) is 5.23. The standard InChI is InChI=1S/C18H20N2O4/c1-18(2,3)24-17(23)20-10-9-13(21)14-11-7-5-6-8-12(11)19(4)15(14)16(20)22/h5-8H,9-10H2,1-4H3. The molecule has 126 valence electrons. The maximum atomic E-state index is 13.0. The summed E-state index contributed by atoms with van der Waals surface area (Å²) in [7, 11) is 1.73. The summed E-state index contributed by atoms with van der Waals surface area (Å²) in [6, 6.07) is 7.35. The quantitative estimate of drug-likeness (QED) is 0.745. The second-order valence-corrected chi connectivity index (χ2v) is 6.91. The highest BCUT2D eigenvalue weighted by atomic mass is 16.6. The first-order valence-corrected chi connectivity index (χ1v) is 7.86. The molecule has 6 nitrogen and oxygen atoms in total. The van der Waals surface area contributed by atoms with Crippen LogP contribution in [0.4, 0.5) is 4.79 Å². The van der Waals surface area contributed by atoms with Crippen LogP contribution in [0.25, 0.3) is 10.9 Å². The van der Waals surface area contributed by atoms with Crippen LogP contribution in [-0.4, -0.2) is 39.4 Å². The Morgan fingerprint density at radius 2 is 1.83 bits per heavy atom. The van der Waals surface area contributed by atoms with Gasteiger partial charge in [0.25, 0.3) is 5.91 Å². The van der Waals surface area contributed by atoms with Crippen molar-refractivity contribution < 1.29 is 19.1 Å². The number of para-hydroxylation sites is 1. The normalized spacial score (nSPS) is 15.4. The van der Waals surface area contributed by atoms with Gasteiger partial charge in [-0.1, -0.05) is 18.2 Å².